The molecule has 1 heterocycles. The van der Waals surface area contributed by atoms with Crippen LogP contribution in [0.15, 0.2) is 18.2 Å². The molecule has 1 atom stereocenters. The quantitative estimate of drug-likeness (QED) is 0.867. The maximum Gasteiger partial charge on any atom is 0.335 e. The molecular formula is C15H19NO4. The summed E-state index contributed by atoms with van der Waals surface area (Å²) in [7, 11) is 0. The molecule has 1 aromatic rings. The smallest absolute Gasteiger partial charge is 0.335 e. The van der Waals surface area contributed by atoms with Gasteiger partial charge >= 0.3 is 5.97 Å². The van der Waals surface area contributed by atoms with Gasteiger partial charge in [0.25, 0.3) is 0 Å². The van der Waals surface area contributed by atoms with Gasteiger partial charge in [-0.3, -0.25) is 4.79 Å². The van der Waals surface area contributed by atoms with Gasteiger partial charge in [-0.25, -0.2) is 4.79 Å². The SMILES string of the molecule is Cc1ccc(C(=O)O)cc1NC(=O)CC[C@@H]1CCCO1. The highest BCUT2D eigenvalue weighted by molar-refractivity contribution is 5.94. The standard InChI is InChI=1S/C15H19NO4/c1-10-4-5-11(15(18)19)9-13(10)16-14(17)7-6-12-3-2-8-20-12/h4-5,9,12H,2-3,6-8H2,1H3,(H,16,17)(H,18,19)/t12-/m0/s1. The fourth-order valence-electron chi connectivity index (χ4n) is 2.27. The molecule has 0 spiro atoms. The molecule has 1 amide bonds. The van der Waals surface area contributed by atoms with Gasteiger partial charge in [0.1, 0.15) is 0 Å². The lowest BCUT2D eigenvalue weighted by atomic mass is 10.1. The zero-order chi connectivity index (χ0) is 14.5. The van der Waals surface area contributed by atoms with E-state index in [1.807, 2.05) is 6.92 Å². The van der Waals surface area contributed by atoms with Gasteiger partial charge < -0.3 is 15.2 Å². The minimum Gasteiger partial charge on any atom is -0.478 e. The van der Waals surface area contributed by atoms with Crippen LogP contribution in [0.3, 0.4) is 0 Å². The van der Waals surface area contributed by atoms with Gasteiger partial charge in [-0.15, -0.1) is 0 Å². The van der Waals surface area contributed by atoms with Crippen molar-refractivity contribution in [3.63, 3.8) is 0 Å². The minimum atomic E-state index is -1.00. The zero-order valence-corrected chi connectivity index (χ0v) is 11.5. The predicted octanol–water partition coefficient (Wildman–Crippen LogP) is 2.59. The Morgan fingerprint density at radius 2 is 2.25 bits per heavy atom. The lowest BCUT2D eigenvalue weighted by Gasteiger charge is -2.11. The van der Waals surface area contributed by atoms with E-state index in [4.69, 9.17) is 9.84 Å². The topological polar surface area (TPSA) is 75.6 Å². The van der Waals surface area contributed by atoms with E-state index in [9.17, 15) is 9.59 Å². The number of ether oxygens (including phenoxy) is 1. The Morgan fingerprint density at radius 1 is 1.45 bits per heavy atom. The van der Waals surface area contributed by atoms with Crippen molar-refractivity contribution in [2.24, 2.45) is 0 Å². The summed E-state index contributed by atoms with van der Waals surface area (Å²) in [6, 6.07) is 4.71. The van der Waals surface area contributed by atoms with E-state index in [1.165, 1.54) is 12.1 Å². The van der Waals surface area contributed by atoms with E-state index in [1.54, 1.807) is 6.07 Å². The van der Waals surface area contributed by atoms with Crippen LogP contribution < -0.4 is 5.32 Å². The van der Waals surface area contributed by atoms with Crippen molar-refractivity contribution in [1.29, 1.82) is 0 Å². The molecule has 2 N–H and O–H groups in total. The van der Waals surface area contributed by atoms with Crippen molar-refractivity contribution < 1.29 is 19.4 Å². The van der Waals surface area contributed by atoms with Crippen LogP contribution in [0.4, 0.5) is 5.69 Å². The van der Waals surface area contributed by atoms with Gasteiger partial charge in [0.15, 0.2) is 0 Å². The summed E-state index contributed by atoms with van der Waals surface area (Å²) in [5, 5.41) is 11.7. The fraction of sp³-hybridized carbons (Fsp3) is 0.467. The van der Waals surface area contributed by atoms with Crippen molar-refractivity contribution in [3.05, 3.63) is 29.3 Å². The fourth-order valence-corrected chi connectivity index (χ4v) is 2.27. The highest BCUT2D eigenvalue weighted by Crippen LogP contribution is 2.19. The molecule has 108 valence electrons. The largest absolute Gasteiger partial charge is 0.478 e. The summed E-state index contributed by atoms with van der Waals surface area (Å²) in [4.78, 5) is 22.8. The first-order valence-corrected chi connectivity index (χ1v) is 6.81. The summed E-state index contributed by atoms with van der Waals surface area (Å²) in [5.74, 6) is -1.11. The molecule has 1 aliphatic rings. The number of aryl methyl sites for hydroxylation is 1. The summed E-state index contributed by atoms with van der Waals surface area (Å²) in [6.07, 6.45) is 3.37. The molecule has 2 rings (SSSR count). The van der Waals surface area contributed by atoms with E-state index in [0.29, 0.717) is 18.5 Å². The third kappa shape index (κ3) is 3.81. The number of carboxylic acid groups (broad SMARTS) is 1. The van der Waals surface area contributed by atoms with E-state index >= 15 is 0 Å². The Labute approximate surface area is 117 Å². The minimum absolute atomic E-state index is 0.105. The first-order valence-electron chi connectivity index (χ1n) is 6.81. The molecule has 1 aliphatic heterocycles. The Kier molecular flexibility index (Phi) is 4.74. The first-order chi connectivity index (χ1) is 9.56. The van der Waals surface area contributed by atoms with Crippen LogP contribution in [-0.2, 0) is 9.53 Å². The number of amides is 1. The number of aromatic carboxylic acids is 1. The van der Waals surface area contributed by atoms with E-state index in [2.05, 4.69) is 5.32 Å². The van der Waals surface area contributed by atoms with Crippen LogP contribution >= 0.6 is 0 Å². The molecule has 0 aliphatic carbocycles. The van der Waals surface area contributed by atoms with Crippen LogP contribution in [0.2, 0.25) is 0 Å². The molecule has 1 aromatic carbocycles. The summed E-state index contributed by atoms with van der Waals surface area (Å²) in [6.45, 7) is 2.62. The number of hydrogen-bond donors (Lipinski definition) is 2. The van der Waals surface area contributed by atoms with Crippen LogP contribution in [0.5, 0.6) is 0 Å². The number of carbonyl (C=O) groups excluding carboxylic acids is 1. The van der Waals surface area contributed by atoms with Crippen molar-refractivity contribution >= 4 is 17.6 Å². The Hall–Kier alpha value is -1.88. The maximum absolute atomic E-state index is 11.9. The molecule has 5 heteroatoms. The normalized spacial score (nSPS) is 17.9. The van der Waals surface area contributed by atoms with Gasteiger partial charge in [0, 0.05) is 18.7 Å². The average molecular weight is 277 g/mol. The number of carbonyl (C=O) groups is 2. The number of carboxylic acids is 1. The average Bonchev–Trinajstić information content (AvgIpc) is 2.92. The van der Waals surface area contributed by atoms with Gasteiger partial charge in [-0.05, 0) is 43.9 Å². The molecule has 1 fully saturated rings. The Morgan fingerprint density at radius 3 is 2.90 bits per heavy atom. The second-order valence-electron chi connectivity index (χ2n) is 5.06. The molecule has 0 saturated carbocycles. The maximum atomic E-state index is 11.9. The van der Waals surface area contributed by atoms with Gasteiger partial charge in [-0.1, -0.05) is 6.07 Å². The van der Waals surface area contributed by atoms with Crippen molar-refractivity contribution in [2.45, 2.75) is 38.7 Å². The molecule has 0 bridgehead atoms. The first kappa shape index (κ1) is 14.5. The third-order valence-corrected chi connectivity index (χ3v) is 3.48. The van der Waals surface area contributed by atoms with Crippen molar-refractivity contribution in [1.82, 2.24) is 0 Å². The van der Waals surface area contributed by atoms with Crippen molar-refractivity contribution in [3.8, 4) is 0 Å². The Balaban J connectivity index is 1.92. The zero-order valence-electron chi connectivity index (χ0n) is 11.5. The molecule has 5 nitrogen and oxygen atoms in total. The van der Waals surface area contributed by atoms with E-state index in [0.717, 1.165) is 25.0 Å². The Bertz CT molecular complexity index is 507. The van der Waals surface area contributed by atoms with Gasteiger partial charge in [0.05, 0.1) is 11.7 Å². The molecule has 0 radical (unpaired) electrons. The second-order valence-corrected chi connectivity index (χ2v) is 5.06. The van der Waals surface area contributed by atoms with Crippen molar-refractivity contribution in [2.75, 3.05) is 11.9 Å². The van der Waals surface area contributed by atoms with Crippen LogP contribution in [0, 0.1) is 6.92 Å². The molecule has 1 saturated heterocycles. The molecule has 20 heavy (non-hydrogen) atoms. The number of benzene rings is 1. The predicted molar refractivity (Wildman–Crippen MR) is 75.0 cm³/mol. The second kappa shape index (κ2) is 6.52. The molecule has 0 unspecified atom stereocenters. The van der Waals surface area contributed by atoms with E-state index < -0.39 is 5.97 Å². The molecule has 0 aromatic heterocycles. The van der Waals surface area contributed by atoms with Gasteiger partial charge in [0.2, 0.25) is 5.91 Å². The van der Waals surface area contributed by atoms with Crippen LogP contribution in [-0.4, -0.2) is 29.7 Å². The summed E-state index contributed by atoms with van der Waals surface area (Å²) in [5.41, 5.74) is 1.58. The third-order valence-electron chi connectivity index (χ3n) is 3.48. The number of nitrogens with one attached hydrogen (secondary N) is 1. The highest BCUT2D eigenvalue weighted by atomic mass is 16.5. The summed E-state index contributed by atoms with van der Waals surface area (Å²) >= 11 is 0. The lowest BCUT2D eigenvalue weighted by Crippen LogP contribution is -2.16. The molecular weight excluding hydrogens is 258 g/mol. The highest BCUT2D eigenvalue weighted by Gasteiger charge is 2.17. The van der Waals surface area contributed by atoms with Crippen LogP contribution in [0.1, 0.15) is 41.6 Å². The monoisotopic (exact) mass is 277 g/mol. The number of rotatable bonds is 5. The number of hydrogen-bond acceptors (Lipinski definition) is 3. The lowest BCUT2D eigenvalue weighted by molar-refractivity contribution is -0.116. The van der Waals surface area contributed by atoms with Crippen LogP contribution in [0.25, 0.3) is 0 Å². The summed E-state index contributed by atoms with van der Waals surface area (Å²) < 4.78 is 5.47. The van der Waals surface area contributed by atoms with Gasteiger partial charge in [-0.2, -0.15) is 0 Å². The van der Waals surface area contributed by atoms with E-state index in [-0.39, 0.29) is 17.6 Å². The number of anilines is 1.